The number of benzene rings is 1. The van der Waals surface area contributed by atoms with Crippen molar-refractivity contribution in [2.24, 2.45) is 29.1 Å². The van der Waals surface area contributed by atoms with Crippen LogP contribution in [0.2, 0.25) is 0 Å². The van der Waals surface area contributed by atoms with Crippen molar-refractivity contribution in [2.75, 3.05) is 0 Å². The first kappa shape index (κ1) is 24.6. The van der Waals surface area contributed by atoms with E-state index in [9.17, 15) is 19.8 Å². The highest BCUT2D eigenvalue weighted by Gasteiger charge is 2.68. The van der Waals surface area contributed by atoms with Gasteiger partial charge in [0, 0.05) is 17.9 Å². The molecule has 8 atom stereocenters. The van der Waals surface area contributed by atoms with Gasteiger partial charge in [0.1, 0.15) is 5.41 Å². The molecule has 5 nitrogen and oxygen atoms in total. The minimum atomic E-state index is -1.44. The van der Waals surface area contributed by atoms with Crippen molar-refractivity contribution in [3.8, 4) is 0 Å². The third kappa shape index (κ3) is 4.32. The highest BCUT2D eigenvalue weighted by molar-refractivity contribution is 6.13. The van der Waals surface area contributed by atoms with Crippen LogP contribution in [0.3, 0.4) is 0 Å². The Morgan fingerprint density at radius 1 is 1.09 bits per heavy atom. The van der Waals surface area contributed by atoms with Gasteiger partial charge in [0.15, 0.2) is 5.78 Å². The molecule has 0 aromatic heterocycles. The maximum absolute atomic E-state index is 13.9. The number of carbonyl (C=O) groups excluding carboxylic acids is 2. The molecule has 4 rings (SSSR count). The van der Waals surface area contributed by atoms with Crippen molar-refractivity contribution in [1.29, 1.82) is 0 Å². The second-order valence-corrected chi connectivity index (χ2v) is 10.5. The third-order valence-electron chi connectivity index (χ3n) is 8.28. The van der Waals surface area contributed by atoms with Gasteiger partial charge < -0.3 is 15.5 Å². The molecule has 182 valence electrons. The first-order valence-corrected chi connectivity index (χ1v) is 12.6. The van der Waals surface area contributed by atoms with E-state index in [1.165, 1.54) is 12.2 Å². The molecule has 2 fully saturated rings. The zero-order valence-corrected chi connectivity index (χ0v) is 20.2. The van der Waals surface area contributed by atoms with Crippen LogP contribution in [0, 0.1) is 29.1 Å². The summed E-state index contributed by atoms with van der Waals surface area (Å²) in [4.78, 5) is 27.7. The summed E-state index contributed by atoms with van der Waals surface area (Å²) in [7, 11) is 0. The van der Waals surface area contributed by atoms with E-state index < -0.39 is 23.5 Å². The molecule has 1 heterocycles. The summed E-state index contributed by atoms with van der Waals surface area (Å²) in [6, 6.07) is 9.68. The van der Waals surface area contributed by atoms with E-state index in [2.05, 4.69) is 18.8 Å². The molecular formula is C29H37NO4. The Bertz CT molecular complexity index is 983. The van der Waals surface area contributed by atoms with Gasteiger partial charge in [-0.05, 0) is 48.3 Å². The maximum Gasteiger partial charge on any atom is 0.235 e. The quantitative estimate of drug-likeness (QED) is 0.460. The summed E-state index contributed by atoms with van der Waals surface area (Å²) in [5.74, 6) is -1.57. The molecule has 3 N–H and O–H groups in total. The predicted molar refractivity (Wildman–Crippen MR) is 133 cm³/mol. The van der Waals surface area contributed by atoms with Crippen LogP contribution in [0.4, 0.5) is 0 Å². The molecule has 1 amide bonds. The summed E-state index contributed by atoms with van der Waals surface area (Å²) >= 11 is 0. The molecule has 0 radical (unpaired) electrons. The molecule has 1 saturated carbocycles. The van der Waals surface area contributed by atoms with Crippen LogP contribution in [-0.4, -0.2) is 40.2 Å². The van der Waals surface area contributed by atoms with E-state index in [0.29, 0.717) is 24.3 Å². The Balaban J connectivity index is 1.83. The van der Waals surface area contributed by atoms with Gasteiger partial charge in [0.05, 0.1) is 12.2 Å². The molecule has 1 spiro atoms. The molecule has 1 saturated heterocycles. The van der Waals surface area contributed by atoms with Crippen molar-refractivity contribution >= 4 is 11.7 Å². The molecule has 5 heteroatoms. The lowest BCUT2D eigenvalue weighted by atomic mass is 9.52. The Labute approximate surface area is 202 Å². The lowest BCUT2D eigenvalue weighted by Gasteiger charge is -2.48. The molecular weight excluding hydrogens is 426 g/mol. The van der Waals surface area contributed by atoms with Crippen LogP contribution in [0.25, 0.3) is 0 Å². The Morgan fingerprint density at radius 3 is 2.56 bits per heavy atom. The Hall–Kier alpha value is -2.50. The van der Waals surface area contributed by atoms with Gasteiger partial charge in [-0.25, -0.2) is 0 Å². The fraction of sp³-hybridized carbons (Fsp3) is 0.517. The van der Waals surface area contributed by atoms with E-state index in [0.717, 1.165) is 24.8 Å². The molecule has 34 heavy (non-hydrogen) atoms. The zero-order chi connectivity index (χ0) is 24.5. The first-order chi connectivity index (χ1) is 16.3. The zero-order valence-electron chi connectivity index (χ0n) is 20.2. The molecule has 2 aliphatic carbocycles. The molecule has 1 aromatic rings. The second-order valence-electron chi connectivity index (χ2n) is 10.5. The summed E-state index contributed by atoms with van der Waals surface area (Å²) in [6.07, 6.45) is 8.88. The molecule has 0 unspecified atom stereocenters. The van der Waals surface area contributed by atoms with Crippen LogP contribution in [0.5, 0.6) is 0 Å². The van der Waals surface area contributed by atoms with Gasteiger partial charge in [-0.1, -0.05) is 81.8 Å². The SMILES string of the molecule is C=C1[C@@H](C)[C@H]2[C@H](Cc3ccccc3)NC(=O)[C@]23C(=O)C=C[C@H](O)CCC[C@@H](C)CC=C[C@H]3[C@@H]1O. The van der Waals surface area contributed by atoms with Crippen molar-refractivity contribution in [1.82, 2.24) is 5.32 Å². The number of hydrogen-bond donors (Lipinski definition) is 3. The fourth-order valence-electron chi connectivity index (χ4n) is 6.37. The summed E-state index contributed by atoms with van der Waals surface area (Å²) < 4.78 is 0. The van der Waals surface area contributed by atoms with Crippen LogP contribution < -0.4 is 5.32 Å². The van der Waals surface area contributed by atoms with Gasteiger partial charge in [-0.2, -0.15) is 0 Å². The summed E-state index contributed by atoms with van der Waals surface area (Å²) in [5.41, 5.74) is 0.306. The van der Waals surface area contributed by atoms with Crippen LogP contribution >= 0.6 is 0 Å². The van der Waals surface area contributed by atoms with E-state index >= 15 is 0 Å². The van der Waals surface area contributed by atoms with Crippen LogP contribution in [0.15, 0.2) is 66.8 Å². The number of nitrogens with one attached hydrogen (secondary N) is 1. The van der Waals surface area contributed by atoms with Gasteiger partial charge >= 0.3 is 0 Å². The number of carbonyl (C=O) groups is 2. The number of allylic oxidation sites excluding steroid dienone is 2. The molecule has 3 aliphatic rings. The summed E-state index contributed by atoms with van der Waals surface area (Å²) in [5, 5.41) is 24.9. The lowest BCUT2D eigenvalue weighted by Crippen LogP contribution is -2.58. The number of aliphatic hydroxyl groups excluding tert-OH is 2. The monoisotopic (exact) mass is 463 g/mol. The van der Waals surface area contributed by atoms with Gasteiger partial charge in [-0.3, -0.25) is 9.59 Å². The number of ketones is 1. The van der Waals surface area contributed by atoms with Crippen molar-refractivity contribution in [2.45, 2.75) is 64.2 Å². The van der Waals surface area contributed by atoms with Gasteiger partial charge in [0.2, 0.25) is 5.91 Å². The topological polar surface area (TPSA) is 86.6 Å². The molecule has 1 aliphatic heterocycles. The van der Waals surface area contributed by atoms with E-state index in [4.69, 9.17) is 0 Å². The number of aliphatic hydroxyl groups is 2. The minimum Gasteiger partial charge on any atom is -0.389 e. The number of hydrogen-bond acceptors (Lipinski definition) is 4. The van der Waals surface area contributed by atoms with Gasteiger partial charge in [-0.15, -0.1) is 0 Å². The van der Waals surface area contributed by atoms with Crippen LogP contribution in [-0.2, 0) is 16.0 Å². The van der Waals surface area contributed by atoms with Crippen LogP contribution in [0.1, 0.15) is 45.1 Å². The smallest absolute Gasteiger partial charge is 0.235 e. The predicted octanol–water partition coefficient (Wildman–Crippen LogP) is 3.77. The largest absolute Gasteiger partial charge is 0.389 e. The van der Waals surface area contributed by atoms with Crippen molar-refractivity contribution in [3.63, 3.8) is 0 Å². The first-order valence-electron chi connectivity index (χ1n) is 12.6. The normalized spacial score (nSPS) is 38.8. The average Bonchev–Trinajstić information content (AvgIpc) is 3.11. The van der Waals surface area contributed by atoms with Crippen molar-refractivity contribution in [3.05, 3.63) is 72.4 Å². The fourth-order valence-corrected chi connectivity index (χ4v) is 6.37. The lowest BCUT2D eigenvalue weighted by molar-refractivity contribution is -0.148. The second kappa shape index (κ2) is 10.0. The van der Waals surface area contributed by atoms with Crippen molar-refractivity contribution < 1.29 is 19.8 Å². The number of rotatable bonds is 2. The van der Waals surface area contributed by atoms with E-state index in [1.54, 1.807) is 0 Å². The Kier molecular flexibility index (Phi) is 7.25. The summed E-state index contributed by atoms with van der Waals surface area (Å²) in [6.45, 7) is 8.32. The molecule has 1 aromatic carbocycles. The molecule has 0 bridgehead atoms. The highest BCUT2D eigenvalue weighted by Crippen LogP contribution is 2.56. The Morgan fingerprint density at radius 2 is 1.82 bits per heavy atom. The van der Waals surface area contributed by atoms with E-state index in [-0.39, 0.29) is 29.6 Å². The highest BCUT2D eigenvalue weighted by atomic mass is 16.3. The van der Waals surface area contributed by atoms with E-state index in [1.807, 2.05) is 49.4 Å². The van der Waals surface area contributed by atoms with Gasteiger partial charge in [0.25, 0.3) is 0 Å². The standard InChI is InChI=1S/C29H37NO4/c1-18-9-7-13-22(31)15-16-25(32)29-23(14-8-10-18)27(33)20(3)19(2)26(29)24(30-28(29)34)17-21-11-5-4-6-12-21/h4-6,8,11-12,14-16,18-19,22-24,26-27,31,33H,3,7,9-10,13,17H2,1-2H3,(H,30,34)/t18-,19-,22-,23+,24+,26+,27-,29-/m1/s1. The number of amides is 1. The maximum atomic E-state index is 13.9. The minimum absolute atomic E-state index is 0.232. The average molecular weight is 464 g/mol. The third-order valence-corrected chi connectivity index (χ3v) is 8.28.